The predicted molar refractivity (Wildman–Crippen MR) is 84.1 cm³/mol. The highest BCUT2D eigenvalue weighted by molar-refractivity contribution is 5.32. The molecule has 1 rings (SSSR count). The molecule has 0 aliphatic heterocycles. The smallest absolute Gasteiger partial charge is 0.369 e. The third-order valence-corrected chi connectivity index (χ3v) is 4.21. The predicted octanol–water partition coefficient (Wildman–Crippen LogP) is 6.17. The van der Waals surface area contributed by atoms with E-state index in [1.165, 1.54) is 12.1 Å². The van der Waals surface area contributed by atoms with Gasteiger partial charge in [0.1, 0.15) is 0 Å². The number of benzene rings is 1. The zero-order valence-electron chi connectivity index (χ0n) is 14.9. The van der Waals surface area contributed by atoms with Crippen LogP contribution in [-0.4, -0.2) is 17.5 Å². The Labute approximate surface area is 144 Å². The van der Waals surface area contributed by atoms with Gasteiger partial charge in [0.2, 0.25) is 0 Å². The van der Waals surface area contributed by atoms with Crippen LogP contribution in [0.2, 0.25) is 0 Å². The molecule has 0 saturated carbocycles. The van der Waals surface area contributed by atoms with Crippen LogP contribution in [0.5, 0.6) is 0 Å². The second-order valence-electron chi connectivity index (χ2n) is 7.94. The van der Waals surface area contributed by atoms with E-state index < -0.39 is 23.5 Å². The van der Waals surface area contributed by atoms with Gasteiger partial charge in [-0.15, -0.1) is 0 Å². The molecule has 144 valence electrons. The van der Waals surface area contributed by atoms with Gasteiger partial charge in [-0.1, -0.05) is 58.9 Å². The normalized spacial score (nSPS) is 15.6. The van der Waals surface area contributed by atoms with Crippen molar-refractivity contribution in [1.82, 2.24) is 0 Å². The van der Waals surface area contributed by atoms with Gasteiger partial charge in [-0.25, -0.2) is 0 Å². The third kappa shape index (κ3) is 4.68. The summed E-state index contributed by atoms with van der Waals surface area (Å²) in [6.07, 6.45) is -11.0. The van der Waals surface area contributed by atoms with E-state index in [9.17, 15) is 31.4 Å². The van der Waals surface area contributed by atoms with Crippen LogP contribution in [0.1, 0.15) is 58.1 Å². The van der Waals surface area contributed by atoms with Crippen molar-refractivity contribution in [3.63, 3.8) is 0 Å². The van der Waals surface area contributed by atoms with Crippen LogP contribution >= 0.6 is 0 Å². The van der Waals surface area contributed by atoms with Gasteiger partial charge in [0.25, 0.3) is 5.60 Å². The highest BCUT2D eigenvalue weighted by atomic mass is 19.4. The van der Waals surface area contributed by atoms with Crippen LogP contribution < -0.4 is 0 Å². The van der Waals surface area contributed by atoms with Crippen molar-refractivity contribution in [2.75, 3.05) is 0 Å². The van der Waals surface area contributed by atoms with Crippen molar-refractivity contribution in [2.24, 2.45) is 11.3 Å². The van der Waals surface area contributed by atoms with E-state index in [1.54, 1.807) is 0 Å². The summed E-state index contributed by atoms with van der Waals surface area (Å²) in [4.78, 5) is 0. The van der Waals surface area contributed by atoms with E-state index in [4.69, 9.17) is 0 Å². The van der Waals surface area contributed by atoms with Crippen LogP contribution in [-0.2, 0) is 5.60 Å². The largest absolute Gasteiger partial charge is 0.430 e. The topological polar surface area (TPSA) is 20.2 Å². The molecule has 1 atom stereocenters. The van der Waals surface area contributed by atoms with E-state index in [2.05, 4.69) is 0 Å². The molecular weight excluding hydrogens is 346 g/mol. The average molecular weight is 370 g/mol. The highest BCUT2D eigenvalue weighted by Gasteiger charge is 2.71. The van der Waals surface area contributed by atoms with Crippen molar-refractivity contribution in [1.29, 1.82) is 0 Å². The number of rotatable bonds is 4. The molecule has 0 aromatic heterocycles. The van der Waals surface area contributed by atoms with Gasteiger partial charge in [0.15, 0.2) is 0 Å². The number of hydrogen-bond donors (Lipinski definition) is 1. The summed E-state index contributed by atoms with van der Waals surface area (Å²) in [5.74, 6) is 0.146. The van der Waals surface area contributed by atoms with E-state index >= 15 is 0 Å². The zero-order chi connectivity index (χ0) is 19.8. The van der Waals surface area contributed by atoms with Crippen LogP contribution in [0.25, 0.3) is 0 Å². The van der Waals surface area contributed by atoms with E-state index in [1.807, 2.05) is 34.6 Å². The van der Waals surface area contributed by atoms with Crippen LogP contribution in [0, 0.1) is 11.3 Å². The van der Waals surface area contributed by atoms with Crippen molar-refractivity contribution < 1.29 is 31.4 Å². The number of aliphatic hydroxyl groups is 1. The number of hydrogen-bond acceptors (Lipinski definition) is 1. The first-order valence-corrected chi connectivity index (χ1v) is 7.97. The van der Waals surface area contributed by atoms with Crippen molar-refractivity contribution in [3.8, 4) is 0 Å². The molecule has 0 radical (unpaired) electrons. The van der Waals surface area contributed by atoms with Gasteiger partial charge in [0, 0.05) is 5.56 Å². The second-order valence-corrected chi connectivity index (χ2v) is 7.94. The van der Waals surface area contributed by atoms with Crippen molar-refractivity contribution >= 4 is 0 Å². The molecule has 1 aromatic rings. The first kappa shape index (κ1) is 21.8. The van der Waals surface area contributed by atoms with E-state index in [0.29, 0.717) is 17.7 Å². The fourth-order valence-corrected chi connectivity index (χ4v) is 2.86. The quantitative estimate of drug-likeness (QED) is 0.628. The molecule has 0 heterocycles. The monoisotopic (exact) mass is 370 g/mol. The third-order valence-electron chi connectivity index (χ3n) is 4.21. The molecule has 1 nitrogen and oxygen atoms in total. The van der Waals surface area contributed by atoms with Gasteiger partial charge in [0.05, 0.1) is 0 Å². The number of alkyl halides is 6. The maximum atomic E-state index is 12.9. The molecule has 0 fully saturated rings. The standard InChI is InChI=1S/C18H24F6O/c1-11(2)14(10-15(3,4)5)12-6-8-13(9-7-12)16(25,17(19,20)21)18(22,23)24/h6-9,11,14,25H,10H2,1-5H3. The lowest BCUT2D eigenvalue weighted by atomic mass is 9.76. The summed E-state index contributed by atoms with van der Waals surface area (Å²) in [6.45, 7) is 9.95. The van der Waals surface area contributed by atoms with Crippen molar-refractivity contribution in [2.45, 2.75) is 64.9 Å². The molecule has 0 amide bonds. The first-order chi connectivity index (χ1) is 11.0. The van der Waals surface area contributed by atoms with E-state index in [0.717, 1.165) is 6.42 Å². The second kappa shape index (κ2) is 6.82. The summed E-state index contributed by atoms with van der Waals surface area (Å²) in [7, 11) is 0. The number of halogens is 6. The maximum absolute atomic E-state index is 12.9. The highest BCUT2D eigenvalue weighted by Crippen LogP contribution is 2.50. The zero-order valence-corrected chi connectivity index (χ0v) is 14.9. The van der Waals surface area contributed by atoms with Crippen LogP contribution in [0.3, 0.4) is 0 Å². The molecule has 7 heteroatoms. The van der Waals surface area contributed by atoms with Crippen LogP contribution in [0.15, 0.2) is 24.3 Å². The molecule has 25 heavy (non-hydrogen) atoms. The summed E-state index contributed by atoms with van der Waals surface area (Å²) >= 11 is 0. The summed E-state index contributed by atoms with van der Waals surface area (Å²) < 4.78 is 77.6. The van der Waals surface area contributed by atoms with Gasteiger partial charge in [-0.3, -0.25) is 0 Å². The van der Waals surface area contributed by atoms with Gasteiger partial charge in [-0.2, -0.15) is 26.3 Å². The lowest BCUT2D eigenvalue weighted by Gasteiger charge is -2.33. The fraction of sp³-hybridized carbons (Fsp3) is 0.667. The molecule has 1 aromatic carbocycles. The Bertz CT molecular complexity index is 549. The molecule has 0 spiro atoms. The Balaban J connectivity index is 3.32. The minimum atomic E-state index is -5.87. The summed E-state index contributed by atoms with van der Waals surface area (Å²) in [5.41, 5.74) is -5.50. The molecule has 0 bridgehead atoms. The molecule has 0 saturated heterocycles. The molecule has 1 N–H and O–H groups in total. The fourth-order valence-electron chi connectivity index (χ4n) is 2.86. The van der Waals surface area contributed by atoms with Crippen LogP contribution in [0.4, 0.5) is 26.3 Å². The van der Waals surface area contributed by atoms with E-state index in [-0.39, 0.29) is 17.3 Å². The molecule has 1 unspecified atom stereocenters. The minimum Gasteiger partial charge on any atom is -0.369 e. The molecule has 0 aliphatic carbocycles. The maximum Gasteiger partial charge on any atom is 0.430 e. The first-order valence-electron chi connectivity index (χ1n) is 7.97. The summed E-state index contributed by atoms with van der Waals surface area (Å²) in [5, 5.41) is 9.43. The SMILES string of the molecule is CC(C)C(CC(C)(C)C)c1ccc(C(O)(C(F)(F)F)C(F)(F)F)cc1. The Morgan fingerprint density at radius 1 is 0.840 bits per heavy atom. The van der Waals surface area contributed by atoms with Gasteiger partial charge in [-0.05, 0) is 29.2 Å². The minimum absolute atomic E-state index is 0.0149. The lowest BCUT2D eigenvalue weighted by Crippen LogP contribution is -2.53. The average Bonchev–Trinajstić information content (AvgIpc) is 2.40. The van der Waals surface area contributed by atoms with Crippen molar-refractivity contribution in [3.05, 3.63) is 35.4 Å². The van der Waals surface area contributed by atoms with Gasteiger partial charge >= 0.3 is 12.4 Å². The Hall–Kier alpha value is -1.24. The molecular formula is C18H24F6O. The molecule has 0 aliphatic rings. The Kier molecular flexibility index (Phi) is 5.95. The Morgan fingerprint density at radius 2 is 1.24 bits per heavy atom. The Morgan fingerprint density at radius 3 is 1.52 bits per heavy atom. The van der Waals surface area contributed by atoms with Gasteiger partial charge < -0.3 is 5.11 Å². The summed E-state index contributed by atoms with van der Waals surface area (Å²) in [6, 6.07) is 3.92. The lowest BCUT2D eigenvalue weighted by molar-refractivity contribution is -0.376.